The molecular formula is C40H90N2O2. The van der Waals surface area contributed by atoms with E-state index in [1.165, 1.54) is 206 Å². The van der Waals surface area contributed by atoms with Crippen LogP contribution >= 0.6 is 0 Å². The van der Waals surface area contributed by atoms with Gasteiger partial charge in [0.05, 0.1) is 55.4 Å². The van der Waals surface area contributed by atoms with E-state index in [4.69, 9.17) is 0 Å². The maximum absolute atomic E-state index is 2.30. The molecule has 4 nitrogen and oxygen atoms in total. The van der Waals surface area contributed by atoms with Crippen LogP contribution in [-0.2, 0) is 0 Å². The molecule has 0 atom stereocenters. The number of quaternary nitrogens is 2. The summed E-state index contributed by atoms with van der Waals surface area (Å²) >= 11 is 0. The van der Waals surface area contributed by atoms with Crippen LogP contribution in [0.4, 0.5) is 0 Å². The summed E-state index contributed by atoms with van der Waals surface area (Å²) in [5.41, 5.74) is 0. The minimum Gasteiger partial charge on any atom is -0.870 e. The van der Waals surface area contributed by atoms with Crippen molar-refractivity contribution in [3.05, 3.63) is 0 Å². The Labute approximate surface area is 281 Å². The van der Waals surface area contributed by atoms with Gasteiger partial charge in [-0.05, 0) is 25.7 Å². The van der Waals surface area contributed by atoms with Crippen LogP contribution in [0.15, 0.2) is 0 Å². The highest BCUT2D eigenvalue weighted by molar-refractivity contribution is 4.51. The van der Waals surface area contributed by atoms with E-state index in [9.17, 15) is 0 Å². The lowest BCUT2D eigenvalue weighted by atomic mass is 10.0. The van der Waals surface area contributed by atoms with E-state index in [0.29, 0.717) is 0 Å². The third-order valence-electron chi connectivity index (χ3n) is 8.86. The van der Waals surface area contributed by atoms with Gasteiger partial charge in [0.15, 0.2) is 0 Å². The van der Waals surface area contributed by atoms with Crippen LogP contribution in [-0.4, -0.2) is 75.3 Å². The van der Waals surface area contributed by atoms with Gasteiger partial charge in [-0.2, -0.15) is 0 Å². The summed E-state index contributed by atoms with van der Waals surface area (Å²) < 4.78 is 2.25. The van der Waals surface area contributed by atoms with Crippen molar-refractivity contribution >= 4 is 0 Å². The van der Waals surface area contributed by atoms with Gasteiger partial charge in [-0.1, -0.05) is 181 Å². The first-order chi connectivity index (χ1) is 20.1. The van der Waals surface area contributed by atoms with E-state index in [-0.39, 0.29) is 11.0 Å². The number of hydrogen-bond acceptors (Lipinski definition) is 2. The molecule has 0 amide bonds. The standard InChI is InChI=1S/C21H46N.C19H42N.2H2O/c1-5-6-7-8-9-10-11-12-13-14-15-16-17-18-19-20-21-22(2,3)4;1-5-6-7-8-9-10-11-12-13-14-15-16-17-18-19-20(2,3)4;;/h5-21H2,1-4H3;5-19H2,1-4H3;2*1H2/q2*+1;;/p-2. The lowest BCUT2D eigenvalue weighted by molar-refractivity contribution is -0.870. The third-order valence-corrected chi connectivity index (χ3v) is 8.86. The summed E-state index contributed by atoms with van der Waals surface area (Å²) in [6.45, 7) is 7.25. The molecule has 0 aliphatic carbocycles. The zero-order valence-electron chi connectivity index (χ0n) is 32.4. The van der Waals surface area contributed by atoms with Crippen molar-refractivity contribution in [3.63, 3.8) is 0 Å². The summed E-state index contributed by atoms with van der Waals surface area (Å²) in [5.74, 6) is 0. The molecule has 0 bridgehead atoms. The molecule has 0 heterocycles. The molecule has 2 N–H and O–H groups in total. The fraction of sp³-hybridized carbons (Fsp3) is 1.00. The first-order valence-electron chi connectivity index (χ1n) is 19.7. The van der Waals surface area contributed by atoms with E-state index < -0.39 is 0 Å². The molecule has 0 aromatic heterocycles. The van der Waals surface area contributed by atoms with Crippen LogP contribution in [0.5, 0.6) is 0 Å². The average Bonchev–Trinajstić information content (AvgIpc) is 2.92. The predicted molar refractivity (Wildman–Crippen MR) is 200 cm³/mol. The Hall–Kier alpha value is -0.160. The Morgan fingerprint density at radius 1 is 0.227 bits per heavy atom. The highest BCUT2D eigenvalue weighted by atomic mass is 16.0. The fourth-order valence-electron chi connectivity index (χ4n) is 5.91. The lowest BCUT2D eigenvalue weighted by Crippen LogP contribution is -2.35. The molecular weight excluding hydrogens is 540 g/mol. The second kappa shape index (κ2) is 39.0. The van der Waals surface area contributed by atoms with Gasteiger partial charge >= 0.3 is 0 Å². The van der Waals surface area contributed by atoms with Crippen molar-refractivity contribution in [2.24, 2.45) is 0 Å². The Morgan fingerprint density at radius 2 is 0.364 bits per heavy atom. The van der Waals surface area contributed by atoms with E-state index in [1.807, 2.05) is 0 Å². The quantitative estimate of drug-likeness (QED) is 0.0548. The van der Waals surface area contributed by atoms with E-state index in [1.54, 1.807) is 0 Å². The highest BCUT2D eigenvalue weighted by Gasteiger charge is 2.06. The first-order valence-corrected chi connectivity index (χ1v) is 19.7. The van der Waals surface area contributed by atoms with Gasteiger partial charge in [-0.3, -0.25) is 0 Å². The molecule has 0 aromatic carbocycles. The molecule has 0 aromatic rings. The Bertz CT molecular complexity index is 485. The second-order valence-corrected chi connectivity index (χ2v) is 15.9. The molecule has 0 aliphatic heterocycles. The van der Waals surface area contributed by atoms with Gasteiger partial charge in [0.1, 0.15) is 0 Å². The molecule has 272 valence electrons. The Morgan fingerprint density at radius 3 is 0.500 bits per heavy atom. The van der Waals surface area contributed by atoms with Crippen LogP contribution in [0, 0.1) is 0 Å². The third kappa shape index (κ3) is 54.3. The number of hydrogen-bond donors (Lipinski definition) is 0. The van der Waals surface area contributed by atoms with Crippen LogP contribution < -0.4 is 0 Å². The monoisotopic (exact) mass is 631 g/mol. The Kier molecular flexibility index (Phi) is 45.0. The molecule has 0 fully saturated rings. The summed E-state index contributed by atoms with van der Waals surface area (Å²) in [7, 11) is 13.8. The maximum atomic E-state index is 2.30. The predicted octanol–water partition coefficient (Wildman–Crippen LogP) is 12.8. The van der Waals surface area contributed by atoms with Gasteiger partial charge in [-0.25, -0.2) is 0 Å². The summed E-state index contributed by atoms with van der Waals surface area (Å²) in [5, 5.41) is 0. The summed E-state index contributed by atoms with van der Waals surface area (Å²) in [4.78, 5) is 0. The van der Waals surface area contributed by atoms with Gasteiger partial charge in [0.25, 0.3) is 0 Å². The fourth-order valence-corrected chi connectivity index (χ4v) is 5.91. The van der Waals surface area contributed by atoms with Gasteiger partial charge in [0.2, 0.25) is 0 Å². The molecule has 0 saturated heterocycles. The Balaban J connectivity index is -0.000000349. The van der Waals surface area contributed by atoms with Crippen molar-refractivity contribution in [1.82, 2.24) is 0 Å². The maximum Gasteiger partial charge on any atom is 0.0780 e. The van der Waals surface area contributed by atoms with Gasteiger partial charge in [0, 0.05) is 0 Å². The molecule has 44 heavy (non-hydrogen) atoms. The molecule has 0 rings (SSSR count). The summed E-state index contributed by atoms with van der Waals surface area (Å²) in [6, 6.07) is 0. The molecule has 0 unspecified atom stereocenters. The van der Waals surface area contributed by atoms with Crippen molar-refractivity contribution < 1.29 is 19.9 Å². The van der Waals surface area contributed by atoms with Crippen molar-refractivity contribution in [2.45, 2.75) is 206 Å². The first kappa shape index (κ1) is 50.7. The average molecular weight is 631 g/mol. The number of rotatable bonds is 32. The molecule has 0 aliphatic rings. The van der Waals surface area contributed by atoms with E-state index in [0.717, 1.165) is 8.97 Å². The molecule has 0 radical (unpaired) electrons. The summed E-state index contributed by atoms with van der Waals surface area (Å²) in [6.07, 6.45) is 43.7. The second-order valence-electron chi connectivity index (χ2n) is 15.9. The zero-order chi connectivity index (χ0) is 31.6. The van der Waals surface area contributed by atoms with Crippen LogP contribution in [0.2, 0.25) is 0 Å². The van der Waals surface area contributed by atoms with Crippen molar-refractivity contribution in [1.29, 1.82) is 0 Å². The topological polar surface area (TPSA) is 60.0 Å². The van der Waals surface area contributed by atoms with Crippen LogP contribution in [0.3, 0.4) is 0 Å². The van der Waals surface area contributed by atoms with Crippen molar-refractivity contribution in [2.75, 3.05) is 55.4 Å². The smallest absolute Gasteiger partial charge is 0.0780 e. The minimum atomic E-state index is 0. The number of nitrogens with zero attached hydrogens (tertiary/aromatic N) is 2. The van der Waals surface area contributed by atoms with E-state index in [2.05, 4.69) is 56.1 Å². The highest BCUT2D eigenvalue weighted by Crippen LogP contribution is 2.15. The largest absolute Gasteiger partial charge is 0.870 e. The molecule has 0 spiro atoms. The molecule has 4 heteroatoms. The van der Waals surface area contributed by atoms with Gasteiger partial charge in [-0.15, -0.1) is 0 Å². The van der Waals surface area contributed by atoms with E-state index >= 15 is 0 Å². The molecule has 0 saturated carbocycles. The van der Waals surface area contributed by atoms with Gasteiger partial charge < -0.3 is 19.9 Å². The lowest BCUT2D eigenvalue weighted by Gasteiger charge is -2.23. The zero-order valence-corrected chi connectivity index (χ0v) is 32.4. The van der Waals surface area contributed by atoms with Crippen molar-refractivity contribution in [3.8, 4) is 0 Å². The normalized spacial score (nSPS) is 11.5. The SMILES string of the molecule is CCCCCCCCCCCCCCCCCC[N+](C)(C)C.CCCCCCCCCCCCCCCC[N+](C)(C)C.[OH-].[OH-]. The number of unbranched alkanes of at least 4 members (excludes halogenated alkanes) is 28. The minimum absolute atomic E-state index is 0. The van der Waals surface area contributed by atoms with Crippen LogP contribution in [0.25, 0.3) is 0 Å². The van der Waals surface area contributed by atoms with Crippen LogP contribution in [0.1, 0.15) is 206 Å².